The van der Waals surface area contributed by atoms with E-state index < -0.39 is 5.97 Å². The van der Waals surface area contributed by atoms with Crippen molar-refractivity contribution < 1.29 is 19.5 Å². The Morgan fingerprint density at radius 3 is 2.44 bits per heavy atom. The standard InChI is InChI=1S/C17H20N4O4/c22-15(23)5-6-18-17(25)21-9-7-20(8-10-21)16(24)14-11-12-3-1-2-4-13(12)19-14/h1-4,11,19H,5-10H2,(H,18,25)(H,22,23). The first kappa shape index (κ1) is 16.8. The minimum absolute atomic E-state index is 0.0814. The molecule has 132 valence electrons. The highest BCUT2D eigenvalue weighted by atomic mass is 16.4. The topological polar surface area (TPSA) is 106 Å². The third kappa shape index (κ3) is 3.90. The predicted octanol–water partition coefficient (Wildman–Crippen LogP) is 1.11. The van der Waals surface area contributed by atoms with Crippen molar-refractivity contribution >= 4 is 28.8 Å². The van der Waals surface area contributed by atoms with Gasteiger partial charge in [-0.2, -0.15) is 0 Å². The van der Waals surface area contributed by atoms with E-state index in [9.17, 15) is 14.4 Å². The molecule has 25 heavy (non-hydrogen) atoms. The fourth-order valence-electron chi connectivity index (χ4n) is 2.86. The molecule has 0 atom stereocenters. The van der Waals surface area contributed by atoms with Gasteiger partial charge >= 0.3 is 12.0 Å². The summed E-state index contributed by atoms with van der Waals surface area (Å²) in [7, 11) is 0. The highest BCUT2D eigenvalue weighted by Gasteiger charge is 2.25. The number of nitrogens with one attached hydrogen (secondary N) is 2. The van der Waals surface area contributed by atoms with Crippen LogP contribution < -0.4 is 5.32 Å². The van der Waals surface area contributed by atoms with Gasteiger partial charge < -0.3 is 25.2 Å². The second-order valence-corrected chi connectivity index (χ2v) is 5.93. The van der Waals surface area contributed by atoms with Crippen LogP contribution in [0.3, 0.4) is 0 Å². The summed E-state index contributed by atoms with van der Waals surface area (Å²) in [5, 5.41) is 12.1. The number of aromatic amines is 1. The first-order valence-corrected chi connectivity index (χ1v) is 8.16. The number of hydrogen-bond acceptors (Lipinski definition) is 3. The lowest BCUT2D eigenvalue weighted by Gasteiger charge is -2.34. The maximum Gasteiger partial charge on any atom is 0.317 e. The molecule has 0 spiro atoms. The maximum absolute atomic E-state index is 12.6. The van der Waals surface area contributed by atoms with E-state index in [2.05, 4.69) is 10.3 Å². The monoisotopic (exact) mass is 344 g/mol. The van der Waals surface area contributed by atoms with Gasteiger partial charge in [0.05, 0.1) is 6.42 Å². The maximum atomic E-state index is 12.6. The molecule has 1 fully saturated rings. The Morgan fingerprint density at radius 2 is 1.76 bits per heavy atom. The van der Waals surface area contributed by atoms with Gasteiger partial charge in [0, 0.05) is 43.6 Å². The van der Waals surface area contributed by atoms with E-state index in [0.29, 0.717) is 31.9 Å². The first-order chi connectivity index (χ1) is 12.0. The van der Waals surface area contributed by atoms with E-state index in [1.54, 1.807) is 9.80 Å². The number of fused-ring (bicyclic) bond motifs is 1. The molecular weight excluding hydrogens is 324 g/mol. The summed E-state index contributed by atoms with van der Waals surface area (Å²) in [6, 6.07) is 9.25. The molecule has 1 aliphatic heterocycles. The minimum atomic E-state index is -0.950. The number of carbonyl (C=O) groups is 3. The van der Waals surface area contributed by atoms with E-state index in [-0.39, 0.29) is 24.9 Å². The zero-order valence-electron chi connectivity index (χ0n) is 13.7. The number of carboxylic acids is 1. The quantitative estimate of drug-likeness (QED) is 0.772. The molecule has 0 saturated carbocycles. The Balaban J connectivity index is 1.53. The summed E-state index contributed by atoms with van der Waals surface area (Å²) in [6.07, 6.45) is -0.107. The van der Waals surface area contributed by atoms with Crippen molar-refractivity contribution in [2.45, 2.75) is 6.42 Å². The Morgan fingerprint density at radius 1 is 1.08 bits per heavy atom. The van der Waals surface area contributed by atoms with E-state index in [1.807, 2.05) is 30.3 Å². The lowest BCUT2D eigenvalue weighted by Crippen LogP contribution is -2.53. The second-order valence-electron chi connectivity index (χ2n) is 5.93. The molecule has 0 bridgehead atoms. The number of aromatic nitrogens is 1. The number of piperazine rings is 1. The van der Waals surface area contributed by atoms with Crippen molar-refractivity contribution in [3.63, 3.8) is 0 Å². The number of hydrogen-bond donors (Lipinski definition) is 3. The van der Waals surface area contributed by atoms with Crippen molar-refractivity contribution in [2.24, 2.45) is 0 Å². The van der Waals surface area contributed by atoms with Crippen LogP contribution in [0.15, 0.2) is 30.3 Å². The van der Waals surface area contributed by atoms with Crippen LogP contribution in [0, 0.1) is 0 Å². The smallest absolute Gasteiger partial charge is 0.317 e. The molecule has 0 radical (unpaired) electrons. The number of aliphatic carboxylic acids is 1. The van der Waals surface area contributed by atoms with Gasteiger partial charge in [-0.15, -0.1) is 0 Å². The molecule has 1 aromatic heterocycles. The van der Waals surface area contributed by atoms with Gasteiger partial charge in [0.2, 0.25) is 0 Å². The number of nitrogens with zero attached hydrogens (tertiary/aromatic N) is 2. The molecule has 3 amide bonds. The molecule has 2 aromatic rings. The lowest BCUT2D eigenvalue weighted by atomic mass is 10.2. The van der Waals surface area contributed by atoms with Crippen LogP contribution in [-0.2, 0) is 4.79 Å². The minimum Gasteiger partial charge on any atom is -0.481 e. The third-order valence-corrected chi connectivity index (χ3v) is 4.23. The van der Waals surface area contributed by atoms with Crippen molar-refractivity contribution in [2.75, 3.05) is 32.7 Å². The number of H-pyrrole nitrogens is 1. The zero-order valence-corrected chi connectivity index (χ0v) is 13.7. The largest absolute Gasteiger partial charge is 0.481 e. The SMILES string of the molecule is O=C(O)CCNC(=O)N1CCN(C(=O)c2cc3ccccc3[nH]2)CC1. The predicted molar refractivity (Wildman–Crippen MR) is 91.4 cm³/mol. The van der Waals surface area contributed by atoms with Crippen molar-refractivity contribution in [1.29, 1.82) is 0 Å². The van der Waals surface area contributed by atoms with Gasteiger partial charge in [-0.25, -0.2) is 4.79 Å². The number of benzene rings is 1. The van der Waals surface area contributed by atoms with Gasteiger partial charge in [0.25, 0.3) is 5.91 Å². The zero-order chi connectivity index (χ0) is 17.8. The molecule has 1 aromatic carbocycles. The van der Waals surface area contributed by atoms with Gasteiger partial charge in [0.15, 0.2) is 0 Å². The van der Waals surface area contributed by atoms with Crippen LogP contribution in [0.2, 0.25) is 0 Å². The van der Waals surface area contributed by atoms with Crippen LogP contribution >= 0.6 is 0 Å². The fourth-order valence-corrected chi connectivity index (χ4v) is 2.86. The Hall–Kier alpha value is -3.03. The summed E-state index contributed by atoms with van der Waals surface area (Å²) in [4.78, 5) is 41.5. The van der Waals surface area contributed by atoms with Crippen LogP contribution in [0.1, 0.15) is 16.9 Å². The second kappa shape index (κ2) is 7.25. The Labute approximate surface area is 144 Å². The van der Waals surface area contributed by atoms with Gasteiger partial charge in [-0.1, -0.05) is 18.2 Å². The third-order valence-electron chi connectivity index (χ3n) is 4.23. The van der Waals surface area contributed by atoms with E-state index in [0.717, 1.165) is 10.9 Å². The van der Waals surface area contributed by atoms with Crippen molar-refractivity contribution in [3.8, 4) is 0 Å². The summed E-state index contributed by atoms with van der Waals surface area (Å²) in [5.41, 5.74) is 1.46. The van der Waals surface area contributed by atoms with Crippen LogP contribution in [0.4, 0.5) is 4.79 Å². The van der Waals surface area contributed by atoms with Crippen molar-refractivity contribution in [1.82, 2.24) is 20.1 Å². The number of urea groups is 1. The van der Waals surface area contributed by atoms with Gasteiger partial charge in [-0.3, -0.25) is 9.59 Å². The number of carboxylic acid groups (broad SMARTS) is 1. The fraction of sp³-hybridized carbons (Fsp3) is 0.353. The van der Waals surface area contributed by atoms with Crippen LogP contribution in [0.25, 0.3) is 10.9 Å². The first-order valence-electron chi connectivity index (χ1n) is 8.16. The molecule has 3 rings (SSSR count). The molecule has 0 unspecified atom stereocenters. The van der Waals surface area contributed by atoms with E-state index in [1.165, 1.54) is 0 Å². The molecular formula is C17H20N4O4. The van der Waals surface area contributed by atoms with Crippen LogP contribution in [0.5, 0.6) is 0 Å². The number of amides is 3. The summed E-state index contributed by atoms with van der Waals surface area (Å²) >= 11 is 0. The molecule has 1 saturated heterocycles. The molecule has 0 aliphatic carbocycles. The highest BCUT2D eigenvalue weighted by Crippen LogP contribution is 2.16. The summed E-state index contributed by atoms with van der Waals surface area (Å²) in [5.74, 6) is -1.03. The number of carbonyl (C=O) groups excluding carboxylic acids is 2. The molecule has 1 aliphatic rings. The van der Waals surface area contributed by atoms with E-state index in [4.69, 9.17) is 5.11 Å². The summed E-state index contributed by atoms with van der Waals surface area (Å²) < 4.78 is 0. The average molecular weight is 344 g/mol. The molecule has 2 heterocycles. The Kier molecular flexibility index (Phi) is 4.87. The van der Waals surface area contributed by atoms with Crippen LogP contribution in [-0.4, -0.2) is 70.5 Å². The lowest BCUT2D eigenvalue weighted by molar-refractivity contribution is -0.136. The molecule has 3 N–H and O–H groups in total. The average Bonchev–Trinajstić information content (AvgIpc) is 3.05. The van der Waals surface area contributed by atoms with Gasteiger partial charge in [-0.05, 0) is 12.1 Å². The number of rotatable bonds is 4. The molecule has 8 heteroatoms. The number of para-hydroxylation sites is 1. The van der Waals surface area contributed by atoms with Crippen molar-refractivity contribution in [3.05, 3.63) is 36.0 Å². The van der Waals surface area contributed by atoms with E-state index >= 15 is 0 Å². The normalized spacial score (nSPS) is 14.6. The molecule has 8 nitrogen and oxygen atoms in total. The Bertz CT molecular complexity index is 760. The summed E-state index contributed by atoms with van der Waals surface area (Å²) in [6.45, 7) is 1.83. The van der Waals surface area contributed by atoms with Gasteiger partial charge in [0.1, 0.15) is 5.69 Å². The highest BCUT2D eigenvalue weighted by molar-refractivity contribution is 5.98.